The number of halogens is 1. The van der Waals surface area contributed by atoms with E-state index in [1.807, 2.05) is 18.2 Å². The molecule has 120 valence electrons. The van der Waals surface area contributed by atoms with E-state index in [4.69, 9.17) is 11.6 Å². The van der Waals surface area contributed by atoms with Crippen molar-refractivity contribution in [3.8, 4) is 0 Å². The molecule has 3 heteroatoms. The molecule has 0 saturated carbocycles. The highest BCUT2D eigenvalue weighted by atomic mass is 35.5. The number of benzene rings is 1. The lowest BCUT2D eigenvalue weighted by molar-refractivity contribution is -0.120. The molecule has 0 radical (unpaired) electrons. The van der Waals surface area contributed by atoms with E-state index in [0.29, 0.717) is 13.0 Å². The second-order valence-corrected chi connectivity index (χ2v) is 5.54. The van der Waals surface area contributed by atoms with Gasteiger partial charge in [0, 0.05) is 18.5 Å². The molecule has 1 aromatic carbocycles. The first kappa shape index (κ1) is 18.5. The van der Waals surface area contributed by atoms with Crippen molar-refractivity contribution in [3.63, 3.8) is 0 Å². The lowest BCUT2D eigenvalue weighted by Gasteiger charge is -2.04. The second kappa shape index (κ2) is 12.0. The largest absolute Gasteiger partial charge is 0.356 e. The van der Waals surface area contributed by atoms with E-state index in [2.05, 4.69) is 36.5 Å². The summed E-state index contributed by atoms with van der Waals surface area (Å²) in [4.78, 5) is 11.7. The fraction of sp³-hybridized carbons (Fsp3) is 0.421. The maximum Gasteiger partial charge on any atom is 0.220 e. The Morgan fingerprint density at radius 3 is 2.64 bits per heavy atom. The minimum absolute atomic E-state index is 0.113. The van der Waals surface area contributed by atoms with Crippen LogP contribution >= 0.6 is 11.6 Å². The molecule has 0 saturated heterocycles. The Bertz CT molecular complexity index is 479. The molecule has 0 bridgehead atoms. The van der Waals surface area contributed by atoms with Gasteiger partial charge in [-0.1, -0.05) is 73.0 Å². The molecule has 0 aliphatic carbocycles. The molecule has 0 atom stereocenters. The molecule has 1 N–H and O–H groups in total. The fourth-order valence-electron chi connectivity index (χ4n) is 2.17. The van der Waals surface area contributed by atoms with Crippen LogP contribution in [0.3, 0.4) is 0 Å². The van der Waals surface area contributed by atoms with Crippen LogP contribution in [0.25, 0.3) is 0 Å². The summed E-state index contributed by atoms with van der Waals surface area (Å²) in [5.41, 5.74) is 4.16. The molecule has 0 fully saturated rings. The van der Waals surface area contributed by atoms with Gasteiger partial charge in [-0.3, -0.25) is 4.79 Å². The van der Waals surface area contributed by atoms with Crippen LogP contribution in [0.4, 0.5) is 0 Å². The first-order chi connectivity index (χ1) is 10.8. The van der Waals surface area contributed by atoms with Crippen LogP contribution in [0.5, 0.6) is 0 Å². The summed E-state index contributed by atoms with van der Waals surface area (Å²) in [7, 11) is 0. The number of amides is 1. The minimum Gasteiger partial charge on any atom is -0.356 e. The third-order valence-corrected chi connectivity index (χ3v) is 3.70. The van der Waals surface area contributed by atoms with Gasteiger partial charge < -0.3 is 5.32 Å². The zero-order chi connectivity index (χ0) is 16.0. The van der Waals surface area contributed by atoms with Crippen LogP contribution in [-0.4, -0.2) is 12.5 Å². The normalized spacial score (nSPS) is 11.8. The maximum absolute atomic E-state index is 11.7. The SMILES string of the molecule is CCC/C(=C\Cl)C/C=C/CCC(=O)NCCc1ccccc1. The second-order valence-electron chi connectivity index (χ2n) is 5.32. The van der Waals surface area contributed by atoms with Crippen LogP contribution in [0.15, 0.2) is 53.6 Å². The Labute approximate surface area is 139 Å². The van der Waals surface area contributed by atoms with E-state index in [0.717, 1.165) is 32.1 Å². The molecular formula is C19H26ClNO. The summed E-state index contributed by atoms with van der Waals surface area (Å²) in [6.07, 6.45) is 9.38. The quantitative estimate of drug-likeness (QED) is 0.604. The summed E-state index contributed by atoms with van der Waals surface area (Å²) in [6, 6.07) is 10.2. The summed E-state index contributed by atoms with van der Waals surface area (Å²) >= 11 is 5.76. The number of nitrogens with one attached hydrogen (secondary N) is 1. The van der Waals surface area contributed by atoms with Gasteiger partial charge in [0.1, 0.15) is 0 Å². The summed E-state index contributed by atoms with van der Waals surface area (Å²) in [5.74, 6) is 0.113. The van der Waals surface area contributed by atoms with Crippen molar-refractivity contribution in [2.24, 2.45) is 0 Å². The summed E-state index contributed by atoms with van der Waals surface area (Å²) in [5, 5.41) is 2.96. The average Bonchev–Trinajstić information content (AvgIpc) is 2.54. The van der Waals surface area contributed by atoms with Crippen molar-refractivity contribution in [2.45, 2.75) is 45.4 Å². The van der Waals surface area contributed by atoms with Crippen molar-refractivity contribution in [1.82, 2.24) is 5.32 Å². The molecule has 0 heterocycles. The van der Waals surface area contributed by atoms with Crippen molar-refractivity contribution < 1.29 is 4.79 Å². The predicted molar refractivity (Wildman–Crippen MR) is 95.0 cm³/mol. The molecular weight excluding hydrogens is 294 g/mol. The van der Waals surface area contributed by atoms with E-state index in [1.165, 1.54) is 11.1 Å². The molecule has 0 spiro atoms. The Kier molecular flexibility index (Phi) is 10.1. The molecule has 0 aromatic heterocycles. The smallest absolute Gasteiger partial charge is 0.220 e. The number of carbonyl (C=O) groups is 1. The first-order valence-electron chi connectivity index (χ1n) is 8.00. The van der Waals surface area contributed by atoms with Crippen molar-refractivity contribution >= 4 is 17.5 Å². The number of carbonyl (C=O) groups excluding carboxylic acids is 1. The molecule has 1 aromatic rings. The van der Waals surface area contributed by atoms with Crippen LogP contribution in [0, 0.1) is 0 Å². The lowest BCUT2D eigenvalue weighted by atomic mass is 10.1. The predicted octanol–water partition coefficient (Wildman–Crippen LogP) is 4.99. The standard InChI is InChI=1S/C19H26ClNO/c1-2-9-18(16-20)12-7-4-8-13-19(22)21-15-14-17-10-5-3-6-11-17/h3-7,10-11,16H,2,8-9,12-15H2,1H3,(H,21,22)/b7-4+,18-16+. The Balaban J connectivity index is 2.10. The number of rotatable bonds is 10. The third-order valence-electron chi connectivity index (χ3n) is 3.39. The van der Waals surface area contributed by atoms with Crippen LogP contribution in [0.2, 0.25) is 0 Å². The topological polar surface area (TPSA) is 29.1 Å². The van der Waals surface area contributed by atoms with Gasteiger partial charge in [0.15, 0.2) is 0 Å². The highest BCUT2D eigenvalue weighted by molar-refractivity contribution is 6.25. The number of hydrogen-bond donors (Lipinski definition) is 1. The summed E-state index contributed by atoms with van der Waals surface area (Å²) < 4.78 is 0. The molecule has 2 nitrogen and oxygen atoms in total. The molecule has 1 rings (SSSR count). The summed E-state index contributed by atoms with van der Waals surface area (Å²) in [6.45, 7) is 2.84. The molecule has 1 amide bonds. The third kappa shape index (κ3) is 8.68. The van der Waals surface area contributed by atoms with Gasteiger partial charge in [-0.15, -0.1) is 0 Å². The molecule has 22 heavy (non-hydrogen) atoms. The van der Waals surface area contributed by atoms with Crippen molar-refractivity contribution in [3.05, 3.63) is 59.2 Å². The number of hydrogen-bond acceptors (Lipinski definition) is 1. The van der Waals surface area contributed by atoms with E-state index in [9.17, 15) is 4.79 Å². The van der Waals surface area contributed by atoms with E-state index in [1.54, 1.807) is 5.54 Å². The van der Waals surface area contributed by atoms with Crippen LogP contribution in [-0.2, 0) is 11.2 Å². The van der Waals surface area contributed by atoms with Gasteiger partial charge in [0.2, 0.25) is 5.91 Å². The van der Waals surface area contributed by atoms with Crippen LogP contribution in [0.1, 0.15) is 44.6 Å². The van der Waals surface area contributed by atoms with Crippen LogP contribution < -0.4 is 5.32 Å². The van der Waals surface area contributed by atoms with Crippen molar-refractivity contribution in [2.75, 3.05) is 6.54 Å². The minimum atomic E-state index is 0.113. The highest BCUT2D eigenvalue weighted by Crippen LogP contribution is 2.12. The lowest BCUT2D eigenvalue weighted by Crippen LogP contribution is -2.25. The van der Waals surface area contributed by atoms with E-state index < -0.39 is 0 Å². The Hall–Kier alpha value is -1.54. The first-order valence-corrected chi connectivity index (χ1v) is 8.43. The number of allylic oxidation sites excluding steroid dienone is 3. The van der Waals surface area contributed by atoms with Gasteiger partial charge >= 0.3 is 0 Å². The zero-order valence-corrected chi connectivity index (χ0v) is 14.1. The van der Waals surface area contributed by atoms with E-state index in [-0.39, 0.29) is 5.91 Å². The van der Waals surface area contributed by atoms with Gasteiger partial charge in [-0.2, -0.15) is 0 Å². The fourth-order valence-corrected chi connectivity index (χ4v) is 2.37. The Morgan fingerprint density at radius 1 is 1.18 bits per heavy atom. The monoisotopic (exact) mass is 319 g/mol. The Morgan fingerprint density at radius 2 is 1.95 bits per heavy atom. The van der Waals surface area contributed by atoms with Gasteiger partial charge in [-0.05, 0) is 31.2 Å². The molecule has 0 aliphatic heterocycles. The molecule has 0 aliphatic rings. The van der Waals surface area contributed by atoms with Crippen molar-refractivity contribution in [1.29, 1.82) is 0 Å². The zero-order valence-electron chi connectivity index (χ0n) is 13.4. The molecule has 0 unspecified atom stereocenters. The van der Waals surface area contributed by atoms with Gasteiger partial charge in [0.05, 0.1) is 0 Å². The maximum atomic E-state index is 11.7. The average molecular weight is 320 g/mol. The van der Waals surface area contributed by atoms with Gasteiger partial charge in [-0.25, -0.2) is 0 Å². The van der Waals surface area contributed by atoms with E-state index >= 15 is 0 Å². The van der Waals surface area contributed by atoms with Gasteiger partial charge in [0.25, 0.3) is 0 Å². The highest BCUT2D eigenvalue weighted by Gasteiger charge is 1.99.